The predicted octanol–water partition coefficient (Wildman–Crippen LogP) is 7.61. The van der Waals surface area contributed by atoms with Crippen LogP contribution in [-0.2, 0) is 4.74 Å². The molecule has 1 heteroatoms. The van der Waals surface area contributed by atoms with Gasteiger partial charge in [-0.15, -0.1) is 0 Å². The maximum absolute atomic E-state index is 5.37. The Balaban J connectivity index is 3.02. The van der Waals surface area contributed by atoms with Crippen molar-refractivity contribution in [1.82, 2.24) is 0 Å². The molecule has 0 aliphatic rings. The van der Waals surface area contributed by atoms with Crippen LogP contribution < -0.4 is 0 Å². The Morgan fingerprint density at radius 2 is 1.09 bits per heavy atom. The van der Waals surface area contributed by atoms with Crippen LogP contribution >= 0.6 is 0 Å². The lowest BCUT2D eigenvalue weighted by atomic mass is 10.1. The molecule has 0 saturated heterocycles. The van der Waals surface area contributed by atoms with Gasteiger partial charge in [0.1, 0.15) is 0 Å². The van der Waals surface area contributed by atoms with Gasteiger partial charge in [-0.1, -0.05) is 83.8 Å². The number of rotatable bonds is 18. The fraction of sp³-hybridized carbons (Fsp3) is 0.857. The number of hydrogen-bond acceptors (Lipinski definition) is 1. The summed E-state index contributed by atoms with van der Waals surface area (Å²) in [6.07, 6.45) is 24.9. The summed E-state index contributed by atoms with van der Waals surface area (Å²) < 4.78 is 5.37. The van der Waals surface area contributed by atoms with Gasteiger partial charge < -0.3 is 4.74 Å². The average molecular weight is 310 g/mol. The quantitative estimate of drug-likeness (QED) is 0.187. The third-order valence-electron chi connectivity index (χ3n) is 4.06. The molecule has 1 radical (unpaired) electrons. The van der Waals surface area contributed by atoms with Crippen molar-refractivity contribution in [3.63, 3.8) is 0 Å². The zero-order valence-corrected chi connectivity index (χ0v) is 15.5. The highest BCUT2D eigenvalue weighted by Crippen LogP contribution is 2.10. The van der Waals surface area contributed by atoms with Gasteiger partial charge in [-0.2, -0.15) is 0 Å². The molecule has 0 fully saturated rings. The minimum absolute atomic E-state index is 0.912. The van der Waals surface area contributed by atoms with E-state index in [9.17, 15) is 0 Å². The van der Waals surface area contributed by atoms with Gasteiger partial charge in [0.05, 0.1) is 6.61 Å². The van der Waals surface area contributed by atoms with Crippen LogP contribution in [0.2, 0.25) is 0 Å². The zero-order valence-electron chi connectivity index (χ0n) is 15.5. The molecule has 0 saturated carbocycles. The van der Waals surface area contributed by atoms with Crippen LogP contribution in [0.25, 0.3) is 0 Å². The fourth-order valence-corrected chi connectivity index (χ4v) is 2.63. The number of unbranched alkanes of at least 4 members (excludes halogenated alkanes) is 12. The van der Waals surface area contributed by atoms with Gasteiger partial charge in [-0.25, -0.2) is 0 Å². The van der Waals surface area contributed by atoms with Gasteiger partial charge in [0, 0.05) is 6.61 Å². The summed E-state index contributed by atoms with van der Waals surface area (Å²) in [6, 6.07) is 0. The third-order valence-corrected chi connectivity index (χ3v) is 4.06. The highest BCUT2D eigenvalue weighted by Gasteiger charge is 1.92. The summed E-state index contributed by atoms with van der Waals surface area (Å²) in [5.41, 5.74) is 0. The molecule has 0 unspecified atom stereocenters. The molecular weight excluding hydrogens is 268 g/mol. The molecule has 0 aliphatic carbocycles. The van der Waals surface area contributed by atoms with Gasteiger partial charge in [0.25, 0.3) is 0 Å². The van der Waals surface area contributed by atoms with Crippen molar-refractivity contribution in [3.8, 4) is 0 Å². The molecule has 22 heavy (non-hydrogen) atoms. The predicted molar refractivity (Wildman–Crippen MR) is 100.0 cm³/mol. The monoisotopic (exact) mass is 309 g/mol. The Kier molecular flexibility index (Phi) is 20.4. The molecule has 0 aromatic carbocycles. The second-order valence-corrected chi connectivity index (χ2v) is 6.38. The Bertz CT molecular complexity index is 210. The summed E-state index contributed by atoms with van der Waals surface area (Å²) in [4.78, 5) is 0. The highest BCUT2D eigenvalue weighted by molar-refractivity contribution is 4.81. The third kappa shape index (κ3) is 19.7. The van der Waals surface area contributed by atoms with Crippen LogP contribution in [0.4, 0.5) is 0 Å². The van der Waals surface area contributed by atoms with E-state index in [1.165, 1.54) is 89.9 Å². The van der Waals surface area contributed by atoms with Gasteiger partial charge >= 0.3 is 0 Å². The van der Waals surface area contributed by atoms with Crippen molar-refractivity contribution in [3.05, 3.63) is 18.8 Å². The van der Waals surface area contributed by atoms with Crippen LogP contribution in [0.1, 0.15) is 110 Å². The summed E-state index contributed by atoms with van der Waals surface area (Å²) in [5.74, 6) is 0. The van der Waals surface area contributed by atoms with Crippen LogP contribution in [-0.4, -0.2) is 6.61 Å². The molecule has 0 amide bonds. The van der Waals surface area contributed by atoms with Gasteiger partial charge in [-0.05, 0) is 38.5 Å². The molecule has 0 rings (SSSR count). The molecule has 131 valence electrons. The molecule has 0 spiro atoms. The Hall–Kier alpha value is -0.300. The normalized spacial score (nSPS) is 11.5. The standard InChI is InChI=1S/C21H41O/c1-3-5-6-7-8-9-10-11-12-13-14-15-16-17-18-19-21-22-20-4-2/h11-12,20H,3-10,13-19,21H2,1-2H3/b12-11-. The summed E-state index contributed by atoms with van der Waals surface area (Å²) in [6.45, 7) is 7.22. The Morgan fingerprint density at radius 3 is 1.64 bits per heavy atom. The van der Waals surface area contributed by atoms with Crippen LogP contribution in [0.15, 0.2) is 12.2 Å². The molecule has 1 nitrogen and oxygen atoms in total. The topological polar surface area (TPSA) is 9.23 Å². The lowest BCUT2D eigenvalue weighted by Gasteiger charge is -2.02. The van der Waals surface area contributed by atoms with Crippen molar-refractivity contribution in [2.45, 2.75) is 110 Å². The highest BCUT2D eigenvalue weighted by atomic mass is 16.5. The largest absolute Gasteiger partial charge is 0.376 e. The van der Waals surface area contributed by atoms with Crippen molar-refractivity contribution < 1.29 is 4.74 Å². The Labute approximate surface area is 140 Å². The second kappa shape index (κ2) is 20.7. The first-order valence-electron chi connectivity index (χ1n) is 10.00. The van der Waals surface area contributed by atoms with E-state index in [0.29, 0.717) is 0 Å². The Morgan fingerprint density at radius 1 is 0.591 bits per heavy atom. The van der Waals surface area contributed by atoms with Gasteiger partial charge in [-0.3, -0.25) is 0 Å². The summed E-state index contributed by atoms with van der Waals surface area (Å²) in [5, 5.41) is 0. The van der Waals surface area contributed by atoms with Crippen molar-refractivity contribution in [2.75, 3.05) is 6.61 Å². The van der Waals surface area contributed by atoms with E-state index >= 15 is 0 Å². The second-order valence-electron chi connectivity index (χ2n) is 6.38. The fourth-order valence-electron chi connectivity index (χ4n) is 2.63. The van der Waals surface area contributed by atoms with E-state index in [1.54, 1.807) is 0 Å². The molecule has 0 aliphatic heterocycles. The average Bonchev–Trinajstić information content (AvgIpc) is 2.54. The van der Waals surface area contributed by atoms with E-state index in [1.807, 2.05) is 6.61 Å². The number of ether oxygens (including phenoxy) is 1. The van der Waals surface area contributed by atoms with Crippen LogP contribution in [0.5, 0.6) is 0 Å². The smallest absolute Gasteiger partial charge is 0.0833 e. The lowest BCUT2D eigenvalue weighted by Crippen LogP contribution is -1.91. The molecular formula is C21H41O. The minimum Gasteiger partial charge on any atom is -0.376 e. The van der Waals surface area contributed by atoms with Crippen LogP contribution in [0.3, 0.4) is 0 Å². The number of hydrogen-bond donors (Lipinski definition) is 0. The molecule has 0 N–H and O–H groups in total. The summed E-state index contributed by atoms with van der Waals surface area (Å²) in [7, 11) is 0. The van der Waals surface area contributed by atoms with E-state index in [2.05, 4.69) is 26.0 Å². The maximum Gasteiger partial charge on any atom is 0.0833 e. The van der Waals surface area contributed by atoms with E-state index in [-0.39, 0.29) is 0 Å². The number of allylic oxidation sites excluding steroid dienone is 2. The molecule has 0 bridgehead atoms. The first kappa shape index (κ1) is 21.7. The summed E-state index contributed by atoms with van der Waals surface area (Å²) >= 11 is 0. The van der Waals surface area contributed by atoms with Crippen molar-refractivity contribution in [2.24, 2.45) is 0 Å². The van der Waals surface area contributed by atoms with Gasteiger partial charge in [0.15, 0.2) is 0 Å². The van der Waals surface area contributed by atoms with E-state index in [0.717, 1.165) is 13.0 Å². The minimum atomic E-state index is 0.912. The maximum atomic E-state index is 5.37. The molecule has 0 aromatic rings. The van der Waals surface area contributed by atoms with E-state index < -0.39 is 0 Å². The lowest BCUT2D eigenvalue weighted by molar-refractivity contribution is 0.188. The molecule has 0 heterocycles. The van der Waals surface area contributed by atoms with E-state index in [4.69, 9.17) is 4.74 Å². The van der Waals surface area contributed by atoms with Gasteiger partial charge in [0.2, 0.25) is 0 Å². The SMILES string of the molecule is CC[CH]OCCCCCCCC/C=C\CCCCCCCC. The van der Waals surface area contributed by atoms with Crippen LogP contribution in [0, 0.1) is 6.61 Å². The first-order valence-corrected chi connectivity index (χ1v) is 10.00. The molecule has 0 atom stereocenters. The first-order chi connectivity index (χ1) is 10.9. The zero-order chi connectivity index (χ0) is 16.1. The van der Waals surface area contributed by atoms with Crippen molar-refractivity contribution >= 4 is 0 Å². The molecule has 0 aromatic heterocycles. The van der Waals surface area contributed by atoms with Crippen molar-refractivity contribution in [1.29, 1.82) is 0 Å².